The quantitative estimate of drug-likeness (QED) is 0.795. The number of aryl methyl sites for hydroxylation is 1. The molecule has 1 amide bonds. The largest absolute Gasteiger partial charge is 0.468 e. The minimum absolute atomic E-state index is 0.0660. The molecule has 0 heterocycles. The zero-order valence-corrected chi connectivity index (χ0v) is 14.4. The van der Waals surface area contributed by atoms with Crippen molar-refractivity contribution < 1.29 is 14.3 Å². The fourth-order valence-electron chi connectivity index (χ4n) is 1.75. The summed E-state index contributed by atoms with van der Waals surface area (Å²) in [6.45, 7) is 6.06. The van der Waals surface area contributed by atoms with E-state index in [4.69, 9.17) is 0 Å². The van der Waals surface area contributed by atoms with Gasteiger partial charge in [-0.15, -0.1) is 0 Å². The second-order valence-corrected chi connectivity index (χ2v) is 5.96. The molecule has 0 fully saturated rings. The number of benzene rings is 1. The number of methoxy groups -OCH3 is 1. The van der Waals surface area contributed by atoms with Crippen LogP contribution >= 0.6 is 15.9 Å². The zero-order valence-electron chi connectivity index (χ0n) is 12.8. The Balaban J connectivity index is 2.67. The molecule has 0 aliphatic rings. The van der Waals surface area contributed by atoms with E-state index in [1.807, 2.05) is 39.0 Å². The van der Waals surface area contributed by atoms with Gasteiger partial charge < -0.3 is 10.1 Å². The van der Waals surface area contributed by atoms with Crippen molar-refractivity contribution in [2.45, 2.75) is 26.8 Å². The number of ether oxygens (including phenoxy) is 1. The topological polar surface area (TPSA) is 58.6 Å². The van der Waals surface area contributed by atoms with Gasteiger partial charge in [0.2, 0.25) is 5.91 Å². The van der Waals surface area contributed by atoms with Gasteiger partial charge in [-0.2, -0.15) is 0 Å². The Hall–Kier alpha value is -1.40. The van der Waals surface area contributed by atoms with Crippen molar-refractivity contribution in [2.24, 2.45) is 0 Å². The standard InChI is InChI=1S/C15H21BrN2O3/c1-10(2)18(9-15(20)21-4)8-14(19)17-13-6-5-11(3)7-12(13)16/h5-7,10H,8-9H2,1-4H3,(H,17,19). The van der Waals surface area contributed by atoms with Crippen LogP contribution in [0, 0.1) is 6.92 Å². The lowest BCUT2D eigenvalue weighted by Gasteiger charge is -2.24. The smallest absolute Gasteiger partial charge is 0.319 e. The monoisotopic (exact) mass is 356 g/mol. The lowest BCUT2D eigenvalue weighted by atomic mass is 10.2. The molecule has 0 saturated heterocycles. The molecule has 1 aromatic carbocycles. The van der Waals surface area contributed by atoms with E-state index in [2.05, 4.69) is 26.0 Å². The van der Waals surface area contributed by atoms with Crippen LogP contribution in [0.1, 0.15) is 19.4 Å². The lowest BCUT2D eigenvalue weighted by Crippen LogP contribution is -2.41. The maximum absolute atomic E-state index is 12.1. The third-order valence-electron chi connectivity index (χ3n) is 3.04. The number of hydrogen-bond donors (Lipinski definition) is 1. The highest BCUT2D eigenvalue weighted by atomic mass is 79.9. The van der Waals surface area contributed by atoms with Crippen molar-refractivity contribution in [1.82, 2.24) is 4.90 Å². The minimum Gasteiger partial charge on any atom is -0.468 e. The summed E-state index contributed by atoms with van der Waals surface area (Å²) in [5.41, 5.74) is 1.82. The van der Waals surface area contributed by atoms with E-state index in [9.17, 15) is 9.59 Å². The van der Waals surface area contributed by atoms with Gasteiger partial charge in [0.1, 0.15) is 0 Å². The third-order valence-corrected chi connectivity index (χ3v) is 3.69. The van der Waals surface area contributed by atoms with Crippen LogP contribution < -0.4 is 5.32 Å². The van der Waals surface area contributed by atoms with Gasteiger partial charge in [-0.25, -0.2) is 0 Å². The summed E-state index contributed by atoms with van der Waals surface area (Å²) in [5.74, 6) is -0.523. The number of nitrogens with one attached hydrogen (secondary N) is 1. The van der Waals surface area contributed by atoms with E-state index in [0.717, 1.165) is 10.0 Å². The Morgan fingerprint density at radius 1 is 1.33 bits per heavy atom. The van der Waals surface area contributed by atoms with Crippen LogP contribution in [0.2, 0.25) is 0 Å². The van der Waals surface area contributed by atoms with Crippen LogP contribution in [0.4, 0.5) is 5.69 Å². The molecule has 116 valence electrons. The second-order valence-electron chi connectivity index (χ2n) is 5.11. The summed E-state index contributed by atoms with van der Waals surface area (Å²) in [6.07, 6.45) is 0. The van der Waals surface area contributed by atoms with Crippen LogP contribution in [-0.4, -0.2) is 43.0 Å². The Bertz CT molecular complexity index is 518. The molecule has 1 aromatic rings. The molecule has 0 aliphatic carbocycles. The lowest BCUT2D eigenvalue weighted by molar-refractivity contribution is -0.142. The van der Waals surface area contributed by atoms with Crippen molar-refractivity contribution in [1.29, 1.82) is 0 Å². The van der Waals surface area contributed by atoms with Crippen molar-refractivity contribution in [3.63, 3.8) is 0 Å². The SMILES string of the molecule is COC(=O)CN(CC(=O)Nc1ccc(C)cc1Br)C(C)C. The molecule has 0 saturated carbocycles. The first-order valence-corrected chi connectivity index (χ1v) is 7.49. The molecule has 0 radical (unpaired) electrons. The van der Waals surface area contributed by atoms with Gasteiger partial charge in [0.15, 0.2) is 0 Å². The number of hydrogen-bond acceptors (Lipinski definition) is 4. The van der Waals surface area contributed by atoms with E-state index in [-0.39, 0.29) is 31.0 Å². The summed E-state index contributed by atoms with van der Waals surface area (Å²) in [7, 11) is 1.34. The maximum Gasteiger partial charge on any atom is 0.319 e. The van der Waals surface area contributed by atoms with Gasteiger partial charge in [-0.3, -0.25) is 14.5 Å². The van der Waals surface area contributed by atoms with Gasteiger partial charge in [-0.05, 0) is 54.4 Å². The Labute approximate surface area is 133 Å². The molecule has 5 nitrogen and oxygen atoms in total. The van der Waals surface area contributed by atoms with Crippen LogP contribution in [0.25, 0.3) is 0 Å². The highest BCUT2D eigenvalue weighted by molar-refractivity contribution is 9.10. The number of esters is 1. The number of nitrogens with zero attached hydrogens (tertiary/aromatic N) is 1. The van der Waals surface area contributed by atoms with Crippen LogP contribution in [0.3, 0.4) is 0 Å². The van der Waals surface area contributed by atoms with Gasteiger partial charge in [0.25, 0.3) is 0 Å². The minimum atomic E-state index is -0.354. The van der Waals surface area contributed by atoms with Gasteiger partial charge in [0.05, 0.1) is 25.9 Å². The van der Waals surface area contributed by atoms with Gasteiger partial charge in [-0.1, -0.05) is 6.07 Å². The molecule has 1 rings (SSSR count). The third kappa shape index (κ3) is 5.85. The molecular weight excluding hydrogens is 336 g/mol. The van der Waals surface area contributed by atoms with E-state index in [1.165, 1.54) is 7.11 Å². The number of halogens is 1. The van der Waals surface area contributed by atoms with Crippen LogP contribution in [0.15, 0.2) is 22.7 Å². The predicted octanol–water partition coefficient (Wildman–Crippen LogP) is 2.58. The number of carbonyl (C=O) groups excluding carboxylic acids is 2. The molecule has 0 aromatic heterocycles. The first kappa shape index (κ1) is 17.7. The summed E-state index contributed by atoms with van der Waals surface area (Å²) in [6, 6.07) is 5.77. The number of amides is 1. The highest BCUT2D eigenvalue weighted by Gasteiger charge is 2.18. The molecule has 6 heteroatoms. The van der Waals surface area contributed by atoms with E-state index in [0.29, 0.717) is 5.69 Å². The molecule has 0 atom stereocenters. The molecule has 0 unspecified atom stereocenters. The molecule has 1 N–H and O–H groups in total. The molecule has 0 aliphatic heterocycles. The molecule has 21 heavy (non-hydrogen) atoms. The molecule has 0 spiro atoms. The Morgan fingerprint density at radius 2 is 2.00 bits per heavy atom. The van der Waals surface area contributed by atoms with E-state index < -0.39 is 0 Å². The summed E-state index contributed by atoms with van der Waals surface area (Å²) in [5, 5.41) is 2.83. The first-order chi connectivity index (χ1) is 9.83. The predicted molar refractivity (Wildman–Crippen MR) is 86.2 cm³/mol. The maximum atomic E-state index is 12.1. The van der Waals surface area contributed by atoms with E-state index >= 15 is 0 Å². The fourth-order valence-corrected chi connectivity index (χ4v) is 2.34. The van der Waals surface area contributed by atoms with Crippen molar-refractivity contribution >= 4 is 33.5 Å². The zero-order chi connectivity index (χ0) is 16.0. The Kier molecular flexibility index (Phi) is 6.84. The Morgan fingerprint density at radius 3 is 2.52 bits per heavy atom. The fraction of sp³-hybridized carbons (Fsp3) is 0.467. The summed E-state index contributed by atoms with van der Waals surface area (Å²) >= 11 is 3.42. The van der Waals surface area contributed by atoms with Crippen molar-refractivity contribution in [3.8, 4) is 0 Å². The van der Waals surface area contributed by atoms with Gasteiger partial charge >= 0.3 is 5.97 Å². The number of anilines is 1. The van der Waals surface area contributed by atoms with Gasteiger partial charge in [0, 0.05) is 10.5 Å². The van der Waals surface area contributed by atoms with Crippen LogP contribution in [-0.2, 0) is 14.3 Å². The first-order valence-electron chi connectivity index (χ1n) is 6.70. The number of rotatable bonds is 6. The van der Waals surface area contributed by atoms with E-state index in [1.54, 1.807) is 4.90 Å². The van der Waals surface area contributed by atoms with Crippen molar-refractivity contribution in [2.75, 3.05) is 25.5 Å². The second kappa shape index (κ2) is 8.14. The van der Waals surface area contributed by atoms with Crippen LogP contribution in [0.5, 0.6) is 0 Å². The number of carbonyl (C=O) groups is 2. The average molecular weight is 357 g/mol. The molecular formula is C15H21BrN2O3. The summed E-state index contributed by atoms with van der Waals surface area (Å²) < 4.78 is 5.48. The normalized spacial score (nSPS) is 10.8. The molecule has 0 bridgehead atoms. The summed E-state index contributed by atoms with van der Waals surface area (Å²) in [4.78, 5) is 25.2. The highest BCUT2D eigenvalue weighted by Crippen LogP contribution is 2.23. The van der Waals surface area contributed by atoms with Crippen molar-refractivity contribution in [3.05, 3.63) is 28.2 Å². The average Bonchev–Trinajstić information content (AvgIpc) is 2.40.